The van der Waals surface area contributed by atoms with Crippen LogP contribution in [0.15, 0.2) is 48.0 Å². The molecule has 0 saturated carbocycles. The molecule has 0 aliphatic carbocycles. The molecule has 0 radical (unpaired) electrons. The fourth-order valence-electron chi connectivity index (χ4n) is 5.35. The zero-order valence-electron chi connectivity index (χ0n) is 22.9. The minimum atomic E-state index is -0.285. The Bertz CT molecular complexity index is 1570. The van der Waals surface area contributed by atoms with Gasteiger partial charge in [-0.2, -0.15) is 5.10 Å². The van der Waals surface area contributed by atoms with E-state index >= 15 is 0 Å². The number of aromatic amines is 2. The van der Waals surface area contributed by atoms with E-state index in [-0.39, 0.29) is 18.0 Å². The molecule has 1 aliphatic rings. The maximum atomic E-state index is 13.7. The first-order valence-corrected chi connectivity index (χ1v) is 13.2. The Labute approximate surface area is 227 Å². The number of aryl methyl sites for hydroxylation is 1. The van der Waals surface area contributed by atoms with Gasteiger partial charge in [0, 0.05) is 55.4 Å². The van der Waals surface area contributed by atoms with Crippen LogP contribution in [-0.4, -0.2) is 75.1 Å². The summed E-state index contributed by atoms with van der Waals surface area (Å²) < 4.78 is 7.50. The van der Waals surface area contributed by atoms with Crippen molar-refractivity contribution in [2.45, 2.75) is 27.3 Å². The smallest absolute Gasteiger partial charge is 0.256 e. The lowest BCUT2D eigenvalue weighted by Crippen LogP contribution is -2.45. The van der Waals surface area contributed by atoms with Gasteiger partial charge in [0.25, 0.3) is 11.5 Å². The minimum Gasteiger partial charge on any atom is -0.496 e. The van der Waals surface area contributed by atoms with Gasteiger partial charge < -0.3 is 29.2 Å². The number of aromatic nitrogens is 4. The second-order valence-corrected chi connectivity index (χ2v) is 9.87. The molecule has 3 N–H and O–H groups in total. The molecule has 5 heterocycles. The number of hydrogen-bond donors (Lipinski definition) is 3. The van der Waals surface area contributed by atoms with Crippen molar-refractivity contribution in [3.8, 4) is 17.0 Å². The molecular formula is C29H35N7O3. The predicted molar refractivity (Wildman–Crippen MR) is 152 cm³/mol. The average molecular weight is 530 g/mol. The molecular weight excluding hydrogens is 494 g/mol. The Morgan fingerprint density at radius 1 is 1.18 bits per heavy atom. The number of H-pyrrole nitrogens is 2. The monoisotopic (exact) mass is 529 g/mol. The topological polar surface area (TPSA) is 111 Å². The average Bonchev–Trinajstić information content (AvgIpc) is 3.61. The summed E-state index contributed by atoms with van der Waals surface area (Å²) in [5, 5.41) is 10.1. The molecule has 0 atom stereocenters. The molecule has 1 saturated heterocycles. The van der Waals surface area contributed by atoms with Gasteiger partial charge in [0.05, 0.1) is 41.8 Å². The van der Waals surface area contributed by atoms with E-state index in [2.05, 4.69) is 48.2 Å². The van der Waals surface area contributed by atoms with E-state index < -0.39 is 0 Å². The Morgan fingerprint density at radius 3 is 2.62 bits per heavy atom. The molecule has 1 amide bonds. The van der Waals surface area contributed by atoms with Gasteiger partial charge in [-0.25, -0.2) is 0 Å². The van der Waals surface area contributed by atoms with Gasteiger partial charge in [0.2, 0.25) is 0 Å². The highest BCUT2D eigenvalue weighted by molar-refractivity contribution is 5.99. The Kier molecular flexibility index (Phi) is 7.30. The molecule has 1 fully saturated rings. The molecule has 0 unspecified atom stereocenters. The molecule has 4 aromatic heterocycles. The number of likely N-dealkylation sites (N-methyl/N-ethyl adjacent to an activating group) is 1. The molecule has 4 aromatic rings. The molecule has 10 heteroatoms. The maximum Gasteiger partial charge on any atom is 0.256 e. The van der Waals surface area contributed by atoms with Gasteiger partial charge in [-0.3, -0.25) is 14.7 Å². The van der Waals surface area contributed by atoms with Crippen LogP contribution in [0, 0.1) is 13.8 Å². The van der Waals surface area contributed by atoms with Crippen LogP contribution in [0.1, 0.15) is 39.8 Å². The first-order chi connectivity index (χ1) is 18.8. The van der Waals surface area contributed by atoms with Crippen LogP contribution in [0.2, 0.25) is 0 Å². The van der Waals surface area contributed by atoms with Crippen LogP contribution in [0.5, 0.6) is 5.75 Å². The van der Waals surface area contributed by atoms with Crippen molar-refractivity contribution >= 4 is 17.1 Å². The summed E-state index contributed by atoms with van der Waals surface area (Å²) in [4.78, 5) is 33.8. The molecule has 0 bridgehead atoms. The highest BCUT2D eigenvalue weighted by atomic mass is 16.5. The number of carbonyl (C=O) groups is 1. The minimum absolute atomic E-state index is 0.0336. The third kappa shape index (κ3) is 4.95. The van der Waals surface area contributed by atoms with E-state index in [1.807, 2.05) is 31.3 Å². The largest absolute Gasteiger partial charge is 0.496 e. The van der Waals surface area contributed by atoms with Gasteiger partial charge in [-0.05, 0) is 50.2 Å². The molecule has 10 nitrogen and oxygen atoms in total. The lowest BCUT2D eigenvalue weighted by molar-refractivity contribution is 0.0950. The van der Waals surface area contributed by atoms with Gasteiger partial charge in [-0.1, -0.05) is 13.5 Å². The molecule has 1 aliphatic heterocycles. The third-order valence-corrected chi connectivity index (χ3v) is 7.59. The fourth-order valence-corrected chi connectivity index (χ4v) is 5.35. The Hall–Kier alpha value is -4.31. The number of amides is 1. The predicted octanol–water partition coefficient (Wildman–Crippen LogP) is 3.18. The molecule has 0 aromatic carbocycles. The van der Waals surface area contributed by atoms with Gasteiger partial charge in [0.15, 0.2) is 0 Å². The molecule has 5 rings (SSSR count). The number of ether oxygens (including phenoxy) is 1. The van der Waals surface area contributed by atoms with Crippen molar-refractivity contribution in [1.29, 1.82) is 0 Å². The quantitative estimate of drug-likeness (QED) is 0.323. The van der Waals surface area contributed by atoms with Crippen molar-refractivity contribution in [2.75, 3.05) is 39.8 Å². The normalized spacial score (nSPS) is 14.1. The third-order valence-electron chi connectivity index (χ3n) is 7.59. The van der Waals surface area contributed by atoms with Crippen molar-refractivity contribution in [1.82, 2.24) is 34.7 Å². The van der Waals surface area contributed by atoms with E-state index in [4.69, 9.17) is 4.74 Å². The van der Waals surface area contributed by atoms with Crippen LogP contribution in [0.25, 0.3) is 22.5 Å². The summed E-state index contributed by atoms with van der Waals surface area (Å²) >= 11 is 0. The Morgan fingerprint density at radius 2 is 1.95 bits per heavy atom. The number of hydrogen-bond acceptors (Lipinski definition) is 6. The SMILES string of the molecule is C=C(c1c(C)c(C(=O)NCc2c(OC)cc(C)[nH]c2=O)cc2c(-c3ccn[nH]3)ccn12)N1CCN(CC)CC1. The lowest BCUT2D eigenvalue weighted by Gasteiger charge is -2.37. The number of rotatable bonds is 8. The second kappa shape index (κ2) is 10.8. The number of carbonyl (C=O) groups excluding carboxylic acids is 1. The van der Waals surface area contributed by atoms with Gasteiger partial charge >= 0.3 is 0 Å². The number of piperazine rings is 1. The first-order valence-electron chi connectivity index (χ1n) is 13.2. The number of fused-ring (bicyclic) bond motifs is 1. The summed E-state index contributed by atoms with van der Waals surface area (Å²) in [7, 11) is 1.51. The summed E-state index contributed by atoms with van der Waals surface area (Å²) in [5.74, 6) is 0.163. The van der Waals surface area contributed by atoms with E-state index in [0.29, 0.717) is 22.6 Å². The van der Waals surface area contributed by atoms with E-state index in [1.165, 1.54) is 7.11 Å². The van der Waals surface area contributed by atoms with Crippen LogP contribution >= 0.6 is 0 Å². The summed E-state index contributed by atoms with van der Waals surface area (Å²) in [6, 6.07) is 7.57. The highest BCUT2D eigenvalue weighted by Gasteiger charge is 2.25. The fraction of sp³-hybridized carbons (Fsp3) is 0.345. The van der Waals surface area contributed by atoms with E-state index in [9.17, 15) is 9.59 Å². The van der Waals surface area contributed by atoms with E-state index in [1.54, 1.807) is 19.2 Å². The van der Waals surface area contributed by atoms with Gasteiger partial charge in [0.1, 0.15) is 5.75 Å². The Balaban J connectivity index is 1.55. The highest BCUT2D eigenvalue weighted by Crippen LogP contribution is 2.32. The molecule has 39 heavy (non-hydrogen) atoms. The van der Waals surface area contributed by atoms with Crippen molar-refractivity contribution in [3.63, 3.8) is 0 Å². The van der Waals surface area contributed by atoms with Crippen molar-refractivity contribution in [2.24, 2.45) is 0 Å². The second-order valence-electron chi connectivity index (χ2n) is 9.87. The number of pyridine rings is 2. The zero-order chi connectivity index (χ0) is 27.7. The summed E-state index contributed by atoms with van der Waals surface area (Å²) in [5.41, 5.74) is 6.54. The first kappa shape index (κ1) is 26.3. The van der Waals surface area contributed by atoms with Crippen LogP contribution < -0.4 is 15.6 Å². The standard InChI is InChI=1S/C29H35N7O3/c1-6-34-11-13-35(14-12-34)20(4)27-19(3)22(16-25-21(8-10-36(25)27)24-7-9-31-33-24)28(37)30-17-23-26(39-5)15-18(2)32-29(23)38/h7-10,15-16H,4,6,11-14,17H2,1-3,5H3,(H,30,37)(H,31,33)(H,32,38). The van der Waals surface area contributed by atoms with Crippen LogP contribution in [-0.2, 0) is 6.54 Å². The van der Waals surface area contributed by atoms with Gasteiger partial charge in [-0.15, -0.1) is 0 Å². The molecule has 204 valence electrons. The zero-order valence-corrected chi connectivity index (χ0v) is 22.9. The summed E-state index contributed by atoms with van der Waals surface area (Å²) in [6.07, 6.45) is 3.72. The van der Waals surface area contributed by atoms with Crippen LogP contribution in [0.3, 0.4) is 0 Å². The van der Waals surface area contributed by atoms with Crippen LogP contribution in [0.4, 0.5) is 0 Å². The maximum absolute atomic E-state index is 13.7. The number of methoxy groups -OCH3 is 1. The van der Waals surface area contributed by atoms with Crippen molar-refractivity contribution in [3.05, 3.63) is 81.7 Å². The number of nitrogens with one attached hydrogen (secondary N) is 3. The van der Waals surface area contributed by atoms with E-state index in [0.717, 1.165) is 66.5 Å². The number of nitrogens with zero attached hydrogens (tertiary/aromatic N) is 4. The van der Waals surface area contributed by atoms with Crippen molar-refractivity contribution < 1.29 is 9.53 Å². The summed E-state index contributed by atoms with van der Waals surface area (Å²) in [6.45, 7) is 15.1. The molecule has 0 spiro atoms. The lowest BCUT2D eigenvalue weighted by atomic mass is 10.0.